The summed E-state index contributed by atoms with van der Waals surface area (Å²) in [6.45, 7) is 1.95. The average molecular weight is 327 g/mol. The first-order chi connectivity index (χ1) is 11.0. The lowest BCUT2D eigenvalue weighted by Crippen LogP contribution is -2.34. The number of hydrogen-bond donors (Lipinski definition) is 2. The summed E-state index contributed by atoms with van der Waals surface area (Å²) in [5, 5.41) is 32.9. The maximum atomic E-state index is 11.5. The third-order valence-electron chi connectivity index (χ3n) is 3.18. The van der Waals surface area contributed by atoms with Gasteiger partial charge in [-0.2, -0.15) is 5.26 Å². The number of nitrogens with zero attached hydrogens (tertiary/aromatic N) is 1. The number of carboxylic acids is 1. The number of phenolic OH excluding ortho intramolecular Hbond substituents is 1. The topological polar surface area (TPSA) is 96.2 Å². The number of nitrogens with one attached hydrogen (secondary N) is 1. The predicted octanol–water partition coefficient (Wildman–Crippen LogP) is 2.28. The number of benzene rings is 2. The van der Waals surface area contributed by atoms with Gasteiger partial charge in [0.1, 0.15) is 5.75 Å². The van der Waals surface area contributed by atoms with E-state index in [0.717, 1.165) is 5.75 Å². The minimum absolute atomic E-state index is 0.121. The van der Waals surface area contributed by atoms with Crippen LogP contribution in [0.4, 0.5) is 5.69 Å². The molecule has 0 aromatic heterocycles. The van der Waals surface area contributed by atoms with Gasteiger partial charge >= 0.3 is 0 Å². The summed E-state index contributed by atoms with van der Waals surface area (Å²) in [5.74, 6) is -0.390. The number of aliphatic carboxylic acids is 1. The molecule has 2 aromatic rings. The smallest absolute Gasteiger partial charge is 0.129 e. The van der Waals surface area contributed by atoms with E-state index >= 15 is 0 Å². The molecule has 0 saturated carbocycles. The van der Waals surface area contributed by atoms with Gasteiger partial charge in [-0.1, -0.05) is 13.0 Å². The molecule has 118 valence electrons. The second-order valence-electron chi connectivity index (χ2n) is 4.75. The number of nitriles is 1. The van der Waals surface area contributed by atoms with Crippen molar-refractivity contribution in [2.45, 2.75) is 17.9 Å². The van der Waals surface area contributed by atoms with E-state index in [1.54, 1.807) is 36.4 Å². The summed E-state index contributed by atoms with van der Waals surface area (Å²) in [6, 6.07) is 12.1. The van der Waals surface area contributed by atoms with Gasteiger partial charge in [0.05, 0.1) is 23.6 Å². The minimum Gasteiger partial charge on any atom is -0.548 e. The lowest BCUT2D eigenvalue weighted by Gasteiger charge is -2.22. The molecule has 2 aromatic carbocycles. The molecule has 0 radical (unpaired) electrons. The van der Waals surface area contributed by atoms with Crippen molar-refractivity contribution >= 4 is 23.4 Å². The molecule has 0 bridgehead atoms. The van der Waals surface area contributed by atoms with Gasteiger partial charge in [-0.3, -0.25) is 0 Å². The van der Waals surface area contributed by atoms with Gasteiger partial charge in [-0.25, -0.2) is 0 Å². The van der Waals surface area contributed by atoms with Crippen LogP contribution in [-0.4, -0.2) is 16.8 Å². The molecule has 6 heteroatoms. The molecule has 2 rings (SSSR count). The fraction of sp³-hybridized carbons (Fsp3) is 0.176. The van der Waals surface area contributed by atoms with E-state index in [9.17, 15) is 15.0 Å². The van der Waals surface area contributed by atoms with Gasteiger partial charge in [0, 0.05) is 10.6 Å². The first-order valence-electron chi connectivity index (χ1n) is 6.98. The number of anilines is 1. The third kappa shape index (κ3) is 4.18. The van der Waals surface area contributed by atoms with Gasteiger partial charge < -0.3 is 20.3 Å². The second-order valence-corrected chi connectivity index (χ2v) is 6.05. The van der Waals surface area contributed by atoms with Crippen LogP contribution in [0.2, 0.25) is 0 Å². The number of carbonyl (C=O) groups is 1. The molecular weight excluding hydrogens is 312 g/mol. The summed E-state index contributed by atoms with van der Waals surface area (Å²) < 4.78 is 0. The zero-order chi connectivity index (χ0) is 16.8. The van der Waals surface area contributed by atoms with Crippen LogP contribution in [0.15, 0.2) is 47.4 Å². The highest BCUT2D eigenvalue weighted by Gasteiger charge is 2.15. The number of thioether (sulfide) groups is 1. The van der Waals surface area contributed by atoms with Crippen molar-refractivity contribution in [1.29, 1.82) is 5.26 Å². The largest absolute Gasteiger partial charge is 0.548 e. The van der Waals surface area contributed by atoms with Crippen LogP contribution >= 0.6 is 11.8 Å². The Morgan fingerprint density at radius 2 is 2.04 bits per heavy atom. The predicted molar refractivity (Wildman–Crippen MR) is 87.0 cm³/mol. The van der Waals surface area contributed by atoms with Gasteiger partial charge in [0.15, 0.2) is 0 Å². The molecule has 1 unspecified atom stereocenters. The number of hydrogen-bond acceptors (Lipinski definition) is 6. The monoisotopic (exact) mass is 327 g/mol. The molecule has 0 heterocycles. The Kier molecular flexibility index (Phi) is 5.50. The molecule has 0 saturated heterocycles. The standard InChI is InChI=1S/C17H16N2O3S/c1-2-23-15-9-12(5-8-14(15)20)16(17(21)22)19-13-6-3-11(10-18)4-7-13/h3-9,16,19-20H,2H2,1H3,(H,21,22)/p-1. The Hall–Kier alpha value is -2.65. The lowest BCUT2D eigenvalue weighted by molar-refractivity contribution is -0.307. The van der Waals surface area contributed by atoms with Crippen molar-refractivity contribution in [2.75, 3.05) is 11.1 Å². The highest BCUT2D eigenvalue weighted by Crippen LogP contribution is 2.31. The highest BCUT2D eigenvalue weighted by atomic mass is 32.2. The van der Waals surface area contributed by atoms with E-state index in [0.29, 0.717) is 21.7 Å². The van der Waals surface area contributed by atoms with E-state index in [1.807, 2.05) is 13.0 Å². The number of aromatic hydroxyl groups is 1. The van der Waals surface area contributed by atoms with Crippen molar-refractivity contribution < 1.29 is 15.0 Å². The molecule has 23 heavy (non-hydrogen) atoms. The number of phenols is 1. The van der Waals surface area contributed by atoms with E-state index in [2.05, 4.69) is 5.32 Å². The number of carbonyl (C=O) groups excluding carboxylic acids is 1. The fourth-order valence-electron chi connectivity index (χ4n) is 2.07. The van der Waals surface area contributed by atoms with E-state index in [1.165, 1.54) is 17.8 Å². The molecule has 0 amide bonds. The Morgan fingerprint density at radius 1 is 1.35 bits per heavy atom. The average Bonchev–Trinajstić information content (AvgIpc) is 2.55. The first-order valence-corrected chi connectivity index (χ1v) is 7.97. The molecule has 0 aliphatic heterocycles. The van der Waals surface area contributed by atoms with E-state index in [4.69, 9.17) is 5.26 Å². The van der Waals surface area contributed by atoms with Gasteiger partial charge in [0.25, 0.3) is 0 Å². The summed E-state index contributed by atoms with van der Waals surface area (Å²) in [7, 11) is 0. The molecule has 0 aliphatic carbocycles. The Bertz CT molecular complexity index is 738. The highest BCUT2D eigenvalue weighted by molar-refractivity contribution is 7.99. The van der Waals surface area contributed by atoms with Crippen molar-refractivity contribution in [2.24, 2.45) is 0 Å². The maximum absolute atomic E-state index is 11.5. The molecule has 2 N–H and O–H groups in total. The first kappa shape index (κ1) is 16.7. The molecular formula is C17H15N2O3S-. The third-order valence-corrected chi connectivity index (χ3v) is 4.10. The molecule has 0 spiro atoms. The van der Waals surface area contributed by atoms with Crippen LogP contribution in [0.1, 0.15) is 24.1 Å². The summed E-state index contributed by atoms with van der Waals surface area (Å²) in [4.78, 5) is 12.1. The Morgan fingerprint density at radius 3 is 2.61 bits per heavy atom. The Labute approximate surface area is 138 Å². The zero-order valence-electron chi connectivity index (χ0n) is 12.4. The van der Waals surface area contributed by atoms with Gasteiger partial charge in [-0.05, 0) is 47.7 Å². The van der Waals surface area contributed by atoms with Crippen molar-refractivity contribution in [3.63, 3.8) is 0 Å². The summed E-state index contributed by atoms with van der Waals surface area (Å²) >= 11 is 1.43. The maximum Gasteiger partial charge on any atom is 0.129 e. The molecule has 1 atom stereocenters. The zero-order valence-corrected chi connectivity index (χ0v) is 13.3. The quantitative estimate of drug-likeness (QED) is 0.790. The van der Waals surface area contributed by atoms with E-state index in [-0.39, 0.29) is 5.75 Å². The molecule has 5 nitrogen and oxygen atoms in total. The Balaban J connectivity index is 2.29. The van der Waals surface area contributed by atoms with Crippen LogP contribution < -0.4 is 10.4 Å². The summed E-state index contributed by atoms with van der Waals surface area (Å²) in [6.07, 6.45) is 0. The van der Waals surface area contributed by atoms with Crippen LogP contribution in [-0.2, 0) is 4.79 Å². The second kappa shape index (κ2) is 7.56. The van der Waals surface area contributed by atoms with Crippen LogP contribution in [0.25, 0.3) is 0 Å². The fourth-order valence-corrected chi connectivity index (χ4v) is 2.81. The van der Waals surface area contributed by atoms with Crippen LogP contribution in [0.3, 0.4) is 0 Å². The van der Waals surface area contributed by atoms with Gasteiger partial charge in [-0.15, -0.1) is 11.8 Å². The molecule has 0 fully saturated rings. The van der Waals surface area contributed by atoms with Crippen molar-refractivity contribution in [3.05, 3.63) is 53.6 Å². The van der Waals surface area contributed by atoms with Crippen LogP contribution in [0, 0.1) is 11.3 Å². The van der Waals surface area contributed by atoms with Crippen molar-refractivity contribution in [1.82, 2.24) is 0 Å². The van der Waals surface area contributed by atoms with Crippen molar-refractivity contribution in [3.8, 4) is 11.8 Å². The number of rotatable bonds is 6. The van der Waals surface area contributed by atoms with E-state index < -0.39 is 12.0 Å². The number of carboxylic acid groups (broad SMARTS) is 1. The van der Waals surface area contributed by atoms with Gasteiger partial charge in [0.2, 0.25) is 0 Å². The minimum atomic E-state index is -1.27. The normalized spacial score (nSPS) is 11.5. The lowest BCUT2D eigenvalue weighted by atomic mass is 10.1. The SMILES string of the molecule is CCSc1cc(C(Nc2ccc(C#N)cc2)C(=O)[O-])ccc1O. The summed E-state index contributed by atoms with van der Waals surface area (Å²) in [5.41, 5.74) is 1.55. The molecule has 0 aliphatic rings. The van der Waals surface area contributed by atoms with Crippen LogP contribution in [0.5, 0.6) is 5.75 Å².